The summed E-state index contributed by atoms with van der Waals surface area (Å²) in [4.78, 5) is 0. The summed E-state index contributed by atoms with van der Waals surface area (Å²) in [6, 6.07) is 10.1. The second-order valence-electron chi connectivity index (χ2n) is 7.73. The minimum atomic E-state index is -4.92. The van der Waals surface area contributed by atoms with Crippen molar-refractivity contribution in [2.45, 2.75) is 97.3 Å². The van der Waals surface area contributed by atoms with Crippen LogP contribution in [0.25, 0.3) is 0 Å². The summed E-state index contributed by atoms with van der Waals surface area (Å²) >= 11 is 0. The molecule has 0 aliphatic rings. The third-order valence-corrected chi connectivity index (χ3v) is 4.95. The fraction of sp³-hybridized carbons (Fsp3) is 0.739. The van der Waals surface area contributed by atoms with Gasteiger partial charge in [-0.05, 0) is 25.0 Å². The van der Waals surface area contributed by atoms with E-state index in [-0.39, 0.29) is 36.2 Å². The van der Waals surface area contributed by atoms with Crippen LogP contribution in [0.15, 0.2) is 30.3 Å². The predicted molar refractivity (Wildman–Crippen MR) is 133 cm³/mol. The number of ether oxygens (including phenoxy) is 1. The minimum absolute atomic E-state index is 0. The molecule has 0 unspecified atom stereocenters. The Balaban J connectivity index is -0.000000487. The molecule has 12 heteroatoms. The Morgan fingerprint density at radius 1 is 0.686 bits per heavy atom. The number of para-hydroxylation sites is 1. The van der Waals surface area contributed by atoms with Gasteiger partial charge in [0.05, 0.1) is 13.2 Å². The van der Waals surface area contributed by atoms with Crippen LogP contribution in [0, 0.1) is 0 Å². The molecule has 0 amide bonds. The van der Waals surface area contributed by atoms with Gasteiger partial charge in [0.1, 0.15) is 5.75 Å². The zero-order valence-electron chi connectivity index (χ0n) is 21.6. The van der Waals surface area contributed by atoms with Crippen LogP contribution in [-0.2, 0) is 25.0 Å². The standard InChI is InChI=1S/C15H24O.C8H18O4S.Na.H2O4S/c1-2-3-4-5-6-7-11-14-16-15-12-9-8-10-13-15;1-2-3-4-5-6-7-8-12-13(9,10)11;;1-5(2,3)4/h8-10,12-13H,2-7,11,14H2,1H3;2-8H2,1H3,(H,9,10,11);;(H2,1,2,3,4)/q;;+1;/p-1. The average Bonchev–Trinajstić information content (AvgIpc) is 2.74. The van der Waals surface area contributed by atoms with E-state index in [0.29, 0.717) is 6.42 Å². The molecule has 0 heterocycles. The van der Waals surface area contributed by atoms with E-state index >= 15 is 0 Å². The summed E-state index contributed by atoms with van der Waals surface area (Å²) in [6.45, 7) is 5.35. The van der Waals surface area contributed by atoms with E-state index in [0.717, 1.165) is 25.2 Å². The molecule has 0 saturated carbocycles. The first-order valence-corrected chi connectivity index (χ1v) is 14.7. The van der Waals surface area contributed by atoms with Crippen LogP contribution in [0.3, 0.4) is 0 Å². The Labute approximate surface area is 235 Å². The monoisotopic (exact) mass is 550 g/mol. The maximum atomic E-state index is 10.1. The molecule has 1 aromatic carbocycles. The number of rotatable bonds is 17. The minimum Gasteiger partial charge on any atom is -0.726 e. The number of unbranched alkanes of at least 4 members (excludes halogenated alkanes) is 11. The molecule has 0 atom stereocenters. The van der Waals surface area contributed by atoms with Crippen molar-refractivity contribution in [3.8, 4) is 5.75 Å². The van der Waals surface area contributed by atoms with E-state index in [2.05, 4.69) is 18.0 Å². The van der Waals surface area contributed by atoms with Gasteiger partial charge in [0.2, 0.25) is 10.4 Å². The van der Waals surface area contributed by atoms with E-state index in [1.807, 2.05) is 30.3 Å². The average molecular weight is 551 g/mol. The van der Waals surface area contributed by atoms with Gasteiger partial charge in [-0.1, -0.05) is 103 Å². The second kappa shape index (κ2) is 26.8. The van der Waals surface area contributed by atoms with Gasteiger partial charge < -0.3 is 9.29 Å². The van der Waals surface area contributed by atoms with Gasteiger partial charge in [0.15, 0.2) is 0 Å². The first-order chi connectivity index (χ1) is 16.0. The SMILES string of the molecule is CCCCCCCCCOc1ccccc1.CCCCCCCCOS(=O)(=O)O.O=S(=O)([O-])O.[Na+]. The summed E-state index contributed by atoms with van der Waals surface area (Å²) in [6.07, 6.45) is 15.7. The number of benzene rings is 1. The summed E-state index contributed by atoms with van der Waals surface area (Å²) in [5.41, 5.74) is 0. The molecule has 0 aliphatic heterocycles. The predicted octanol–water partition coefficient (Wildman–Crippen LogP) is 2.99. The van der Waals surface area contributed by atoms with Crippen molar-refractivity contribution in [2.24, 2.45) is 0 Å². The van der Waals surface area contributed by atoms with E-state index in [4.69, 9.17) is 26.8 Å². The van der Waals surface area contributed by atoms with Crippen molar-refractivity contribution in [3.63, 3.8) is 0 Å². The molecule has 0 saturated heterocycles. The molecule has 202 valence electrons. The first-order valence-electron chi connectivity index (χ1n) is 12.0. The fourth-order valence-corrected chi connectivity index (χ4v) is 3.14. The topological polar surface area (TPSA) is 150 Å². The second-order valence-corrected chi connectivity index (χ2v) is 9.67. The van der Waals surface area contributed by atoms with Crippen LogP contribution in [0.2, 0.25) is 0 Å². The molecule has 35 heavy (non-hydrogen) atoms. The molecule has 1 rings (SSSR count). The van der Waals surface area contributed by atoms with Crippen LogP contribution < -0.4 is 34.3 Å². The van der Waals surface area contributed by atoms with E-state index in [1.54, 1.807) is 0 Å². The Kier molecular flexibility index (Phi) is 30.1. The largest absolute Gasteiger partial charge is 1.00 e. The molecule has 0 fully saturated rings. The Hall–Kier alpha value is -0.240. The van der Waals surface area contributed by atoms with Gasteiger partial charge >= 0.3 is 40.0 Å². The molecule has 0 radical (unpaired) electrons. The first kappa shape index (κ1) is 39.3. The van der Waals surface area contributed by atoms with E-state index in [1.165, 1.54) is 64.2 Å². The number of hydrogen-bond donors (Lipinski definition) is 2. The smallest absolute Gasteiger partial charge is 0.726 e. The summed E-state index contributed by atoms with van der Waals surface area (Å²) in [7, 11) is -9.14. The van der Waals surface area contributed by atoms with Crippen molar-refractivity contribution in [1.29, 1.82) is 0 Å². The molecule has 0 aromatic heterocycles. The van der Waals surface area contributed by atoms with Crippen LogP contribution >= 0.6 is 0 Å². The third-order valence-electron chi connectivity index (χ3n) is 4.49. The van der Waals surface area contributed by atoms with E-state index < -0.39 is 20.8 Å². The molecule has 0 bridgehead atoms. The maximum absolute atomic E-state index is 10.1. The van der Waals surface area contributed by atoms with Gasteiger partial charge in [0, 0.05) is 0 Å². The summed E-state index contributed by atoms with van der Waals surface area (Å²) < 4.78 is 71.0. The van der Waals surface area contributed by atoms with Gasteiger partial charge in [-0.15, -0.1) is 0 Å². The van der Waals surface area contributed by atoms with Gasteiger partial charge in [-0.25, -0.2) is 12.6 Å². The van der Waals surface area contributed by atoms with Crippen LogP contribution in [-0.4, -0.2) is 43.7 Å². The van der Waals surface area contributed by atoms with Gasteiger partial charge in [-0.2, -0.15) is 8.42 Å². The normalized spacial score (nSPS) is 10.8. The maximum Gasteiger partial charge on any atom is 1.00 e. The summed E-state index contributed by atoms with van der Waals surface area (Å²) in [5, 5.41) is 0. The Bertz CT molecular complexity index is 750. The molecular weight excluding hydrogens is 507 g/mol. The van der Waals surface area contributed by atoms with Crippen LogP contribution in [0.5, 0.6) is 5.75 Å². The summed E-state index contributed by atoms with van der Waals surface area (Å²) in [5.74, 6) is 0.994. The van der Waals surface area contributed by atoms with Crippen molar-refractivity contribution < 1.29 is 69.0 Å². The van der Waals surface area contributed by atoms with Crippen molar-refractivity contribution >= 4 is 20.8 Å². The fourth-order valence-electron chi connectivity index (χ4n) is 2.81. The molecule has 2 N–H and O–H groups in total. The quantitative estimate of drug-likeness (QED) is 0.129. The molecule has 1 aromatic rings. The zero-order chi connectivity index (χ0) is 26.1. The Morgan fingerprint density at radius 3 is 1.46 bits per heavy atom. The van der Waals surface area contributed by atoms with Crippen LogP contribution in [0.1, 0.15) is 97.3 Å². The molecule has 0 spiro atoms. The van der Waals surface area contributed by atoms with Crippen molar-refractivity contribution in [2.75, 3.05) is 13.2 Å². The van der Waals surface area contributed by atoms with Crippen LogP contribution in [0.4, 0.5) is 0 Å². The van der Waals surface area contributed by atoms with Crippen molar-refractivity contribution in [3.05, 3.63) is 30.3 Å². The third kappa shape index (κ3) is 44.2. The molecule has 0 aliphatic carbocycles. The van der Waals surface area contributed by atoms with Crippen molar-refractivity contribution in [1.82, 2.24) is 0 Å². The Morgan fingerprint density at radius 2 is 1.06 bits per heavy atom. The van der Waals surface area contributed by atoms with Gasteiger partial charge in [-0.3, -0.25) is 9.11 Å². The molecular formula is C23H43NaO9S2. The van der Waals surface area contributed by atoms with Gasteiger partial charge in [0.25, 0.3) is 0 Å². The van der Waals surface area contributed by atoms with E-state index in [9.17, 15) is 8.42 Å². The molecule has 9 nitrogen and oxygen atoms in total. The zero-order valence-corrected chi connectivity index (χ0v) is 25.2. The number of hydrogen-bond acceptors (Lipinski definition) is 7.